The third-order valence-electron chi connectivity index (χ3n) is 3.91. The molecule has 0 bridgehead atoms. The second-order valence-electron chi connectivity index (χ2n) is 8.27. The lowest BCUT2D eigenvalue weighted by atomic mass is 9.86. The molecule has 2 aromatic rings. The maximum atomic E-state index is 12.7. The van der Waals surface area contributed by atoms with Crippen molar-refractivity contribution in [1.82, 2.24) is 15.0 Å². The number of halogens is 3. The number of ketones is 1. The smallest absolute Gasteiger partial charge is 0.445 e. The average molecular weight is 368 g/mol. The van der Waals surface area contributed by atoms with Gasteiger partial charge in [-0.25, -0.2) is 4.68 Å². The highest BCUT2D eigenvalue weighted by Crippen LogP contribution is 2.22. The van der Waals surface area contributed by atoms with Crippen LogP contribution in [0.4, 0.5) is 12.9 Å². The van der Waals surface area contributed by atoms with Crippen LogP contribution in [0.25, 0.3) is 5.69 Å². The largest absolute Gasteiger partial charge is 0.531 e. The van der Waals surface area contributed by atoms with Crippen LogP contribution in [0.5, 0.6) is 0 Å². The van der Waals surface area contributed by atoms with Crippen LogP contribution >= 0.6 is 0 Å². The Morgan fingerprint density at radius 1 is 1.15 bits per heavy atom. The van der Waals surface area contributed by atoms with E-state index in [2.05, 4.69) is 10.3 Å². The van der Waals surface area contributed by atoms with E-state index in [4.69, 9.17) is 0 Å². The lowest BCUT2D eigenvalue weighted by molar-refractivity contribution is -0.895. The number of Topliss-reactive ketones (excluding diaryl/α,β-unsaturated/α-hetero) is 1. The summed E-state index contributed by atoms with van der Waals surface area (Å²) >= 11 is 0. The van der Waals surface area contributed by atoms with Crippen LogP contribution in [0.15, 0.2) is 30.5 Å². The molecule has 0 fully saturated rings. The van der Waals surface area contributed by atoms with Gasteiger partial charge in [-0.2, -0.15) is 0 Å². The normalized spacial score (nSPS) is 13.1. The number of hydrogen-bond donors (Lipinski definition) is 0. The quantitative estimate of drug-likeness (QED) is 0.446. The van der Waals surface area contributed by atoms with Crippen LogP contribution in [0.3, 0.4) is 0 Å². The average Bonchev–Trinajstić information content (AvgIpc) is 2.90. The molecule has 0 aliphatic rings. The van der Waals surface area contributed by atoms with E-state index >= 15 is 0 Å². The van der Waals surface area contributed by atoms with E-state index in [9.17, 15) is 17.7 Å². The van der Waals surface area contributed by atoms with Gasteiger partial charge in [-0.05, 0) is 24.3 Å². The summed E-state index contributed by atoms with van der Waals surface area (Å²) in [5, 5.41) is 7.96. The van der Waals surface area contributed by atoms with Gasteiger partial charge in [-0.15, -0.1) is 5.10 Å². The molecule has 26 heavy (non-hydrogen) atoms. The van der Waals surface area contributed by atoms with Gasteiger partial charge in [0, 0.05) is 11.0 Å². The van der Waals surface area contributed by atoms with Crippen molar-refractivity contribution < 1.29 is 22.2 Å². The van der Waals surface area contributed by atoms with Gasteiger partial charge in [0.15, 0.2) is 5.78 Å². The van der Waals surface area contributed by atoms with E-state index in [1.165, 1.54) is 18.8 Å². The van der Waals surface area contributed by atoms with E-state index < -0.39 is 18.8 Å². The minimum Gasteiger partial charge on any atom is -0.445 e. The molecule has 0 spiro atoms. The fourth-order valence-corrected chi connectivity index (χ4v) is 2.76. The Balaban J connectivity index is 2.14. The minimum absolute atomic E-state index is 0.0383. The second-order valence-corrected chi connectivity index (χ2v) is 8.27. The summed E-state index contributed by atoms with van der Waals surface area (Å²) in [6.45, 7) is 0.820. The number of aromatic nitrogens is 3. The van der Waals surface area contributed by atoms with Gasteiger partial charge in [-0.1, -0.05) is 26.0 Å². The Morgan fingerprint density at radius 2 is 1.73 bits per heavy atom. The summed E-state index contributed by atoms with van der Waals surface area (Å²) in [5.74, 6) is 0.0383. The first-order valence-corrected chi connectivity index (χ1v) is 8.36. The molecule has 5 nitrogen and oxygen atoms in total. The van der Waals surface area contributed by atoms with Gasteiger partial charge in [0.1, 0.15) is 12.2 Å². The third kappa shape index (κ3) is 5.42. The highest BCUT2D eigenvalue weighted by Gasteiger charge is 2.34. The highest BCUT2D eigenvalue weighted by molar-refractivity contribution is 6.58. The van der Waals surface area contributed by atoms with Crippen molar-refractivity contribution >= 4 is 12.8 Å². The Bertz CT molecular complexity index is 777. The molecule has 0 atom stereocenters. The van der Waals surface area contributed by atoms with Crippen molar-refractivity contribution in [1.29, 1.82) is 0 Å². The van der Waals surface area contributed by atoms with Crippen molar-refractivity contribution in [3.63, 3.8) is 0 Å². The van der Waals surface area contributed by atoms with Gasteiger partial charge in [0.25, 0.3) is 0 Å². The summed E-state index contributed by atoms with van der Waals surface area (Å²) in [4.78, 5) is 12.3. The second kappa shape index (κ2) is 6.87. The van der Waals surface area contributed by atoms with Gasteiger partial charge < -0.3 is 17.4 Å². The van der Waals surface area contributed by atoms with Gasteiger partial charge in [0.2, 0.25) is 0 Å². The van der Waals surface area contributed by atoms with Crippen molar-refractivity contribution in [2.75, 3.05) is 20.5 Å². The molecule has 0 amide bonds. The molecule has 0 radical (unpaired) electrons. The highest BCUT2D eigenvalue weighted by atomic mass is 19.4. The van der Waals surface area contributed by atoms with E-state index in [1.54, 1.807) is 30.5 Å². The fraction of sp³-hybridized carbons (Fsp3) is 0.471. The summed E-state index contributed by atoms with van der Waals surface area (Å²) in [7, 11) is 3.03. The zero-order valence-electron chi connectivity index (χ0n) is 15.7. The molecule has 0 aliphatic carbocycles. The van der Waals surface area contributed by atoms with Crippen LogP contribution < -0.4 is 0 Å². The molecule has 1 heterocycles. The molecule has 1 aromatic heterocycles. The Kier molecular flexibility index (Phi) is 5.32. The van der Waals surface area contributed by atoms with Crippen molar-refractivity contribution in [2.24, 2.45) is 5.41 Å². The Labute approximate surface area is 151 Å². The van der Waals surface area contributed by atoms with Crippen LogP contribution in [0.2, 0.25) is 0 Å². The number of carbonyl (C=O) groups is 1. The van der Waals surface area contributed by atoms with Crippen molar-refractivity contribution in [3.05, 3.63) is 41.7 Å². The van der Waals surface area contributed by atoms with Gasteiger partial charge in [-0.3, -0.25) is 4.79 Å². The SMILES string of the molecule is CC(C)(C)C(=O)c1ccc(-n2cc(C[N+](C)(C)C[B-](F)(F)F)nn2)cc1. The Morgan fingerprint density at radius 3 is 2.23 bits per heavy atom. The molecule has 0 saturated heterocycles. The van der Waals surface area contributed by atoms with E-state index in [0.29, 0.717) is 16.9 Å². The predicted octanol–water partition coefficient (Wildman–Crippen LogP) is 3.46. The summed E-state index contributed by atoms with van der Waals surface area (Å²) in [5.41, 5.74) is 1.31. The summed E-state index contributed by atoms with van der Waals surface area (Å²) < 4.78 is 39.3. The zero-order chi connectivity index (χ0) is 19.8. The molecule has 0 unspecified atom stereocenters. The summed E-state index contributed by atoms with van der Waals surface area (Å²) in [6, 6.07) is 6.93. The molecular weight excluding hydrogens is 344 g/mol. The number of rotatable bonds is 6. The van der Waals surface area contributed by atoms with Crippen molar-refractivity contribution in [3.8, 4) is 5.69 Å². The van der Waals surface area contributed by atoms with Crippen LogP contribution in [-0.2, 0) is 6.54 Å². The molecule has 9 heteroatoms. The monoisotopic (exact) mass is 368 g/mol. The standard InChI is InChI=1S/C17H24BF3N4O/c1-17(2,3)16(26)13-6-8-15(9-7-13)24-10-14(22-23-24)11-25(4,5)12-18(19,20)21/h6-10H,11-12H2,1-5H3. The first-order chi connectivity index (χ1) is 11.8. The molecule has 1 aromatic carbocycles. The zero-order valence-corrected chi connectivity index (χ0v) is 15.7. The molecule has 0 N–H and O–H groups in total. The third-order valence-corrected chi connectivity index (χ3v) is 3.91. The van der Waals surface area contributed by atoms with Crippen LogP contribution in [0, 0.1) is 5.41 Å². The molecule has 0 aliphatic heterocycles. The van der Waals surface area contributed by atoms with E-state index in [0.717, 1.165) is 0 Å². The van der Waals surface area contributed by atoms with Crippen LogP contribution in [-0.4, -0.2) is 52.8 Å². The maximum Gasteiger partial charge on any atom is 0.531 e. The lowest BCUT2D eigenvalue weighted by Crippen LogP contribution is -2.48. The Hall–Kier alpha value is -2.16. The van der Waals surface area contributed by atoms with E-state index in [1.807, 2.05) is 20.8 Å². The number of quaternary nitrogens is 1. The molecule has 2 rings (SSSR count). The fourth-order valence-electron chi connectivity index (χ4n) is 2.76. The number of carbonyl (C=O) groups excluding carboxylic acids is 1. The number of nitrogens with zero attached hydrogens (tertiary/aromatic N) is 4. The summed E-state index contributed by atoms with van der Waals surface area (Å²) in [6.07, 6.45) is 0.737. The van der Waals surface area contributed by atoms with E-state index in [-0.39, 0.29) is 16.8 Å². The van der Waals surface area contributed by atoms with Crippen molar-refractivity contribution in [2.45, 2.75) is 27.3 Å². The first-order valence-electron chi connectivity index (χ1n) is 8.36. The predicted molar refractivity (Wildman–Crippen MR) is 94.9 cm³/mol. The van der Waals surface area contributed by atoms with Gasteiger partial charge >= 0.3 is 6.98 Å². The maximum absolute atomic E-state index is 12.7. The molecule has 0 saturated carbocycles. The molecular formula is C17H24BF3N4O. The lowest BCUT2D eigenvalue weighted by Gasteiger charge is -2.33. The number of hydrogen-bond acceptors (Lipinski definition) is 3. The van der Waals surface area contributed by atoms with Crippen LogP contribution in [0.1, 0.15) is 36.8 Å². The molecule has 142 valence electrons. The first kappa shape index (κ1) is 20.2. The minimum atomic E-state index is -4.88. The number of benzene rings is 1. The van der Waals surface area contributed by atoms with Gasteiger partial charge in [0.05, 0.1) is 32.4 Å². The topological polar surface area (TPSA) is 47.8 Å².